The van der Waals surface area contributed by atoms with Gasteiger partial charge in [-0.2, -0.15) is 0 Å². The third-order valence-electron chi connectivity index (χ3n) is 2.60. The Morgan fingerprint density at radius 3 is 3.00 bits per heavy atom. The zero-order valence-electron chi connectivity index (χ0n) is 11.4. The van der Waals surface area contributed by atoms with E-state index in [-0.39, 0.29) is 29.0 Å². The number of hydroxylamine groups is 1. The molecule has 2 heterocycles. The number of esters is 1. The molecule has 2 N–H and O–H groups in total. The first-order valence-corrected chi connectivity index (χ1v) is 6.52. The Morgan fingerprint density at radius 2 is 2.33 bits per heavy atom. The summed E-state index contributed by atoms with van der Waals surface area (Å²) in [6.45, 7) is 3.46. The molecule has 0 aromatic carbocycles. The van der Waals surface area contributed by atoms with Crippen LogP contribution in [0.4, 0.5) is 5.82 Å². The Hall–Kier alpha value is -2.25. The molecule has 0 saturated heterocycles. The van der Waals surface area contributed by atoms with E-state index in [2.05, 4.69) is 15.0 Å². The van der Waals surface area contributed by atoms with Crippen molar-refractivity contribution in [2.75, 3.05) is 6.61 Å². The lowest BCUT2D eigenvalue weighted by molar-refractivity contribution is 0.0527. The van der Waals surface area contributed by atoms with Crippen molar-refractivity contribution >= 4 is 40.1 Å². The highest BCUT2D eigenvalue weighted by Gasteiger charge is 2.17. The maximum absolute atomic E-state index is 12.0. The van der Waals surface area contributed by atoms with Gasteiger partial charge in [0.1, 0.15) is 16.9 Å². The molecule has 0 bridgehead atoms. The van der Waals surface area contributed by atoms with Crippen LogP contribution in [-0.2, 0) is 4.74 Å². The molecule has 2 aromatic rings. The molecular formula is C13H13ClN4O3. The average Bonchev–Trinajstić information content (AvgIpc) is 2.47. The summed E-state index contributed by atoms with van der Waals surface area (Å²) in [5.41, 5.74) is 2.48. The average molecular weight is 309 g/mol. The number of aliphatic imine (C=N–C) groups is 1. The van der Waals surface area contributed by atoms with Crippen LogP contribution >= 0.6 is 11.6 Å². The van der Waals surface area contributed by atoms with Gasteiger partial charge in [0.2, 0.25) is 0 Å². The third-order valence-corrected chi connectivity index (χ3v) is 2.88. The monoisotopic (exact) mass is 308 g/mol. The summed E-state index contributed by atoms with van der Waals surface area (Å²) in [6, 6.07) is 3.26. The van der Waals surface area contributed by atoms with Gasteiger partial charge in [-0.1, -0.05) is 11.6 Å². The van der Waals surface area contributed by atoms with Gasteiger partial charge in [0, 0.05) is 11.6 Å². The molecule has 21 heavy (non-hydrogen) atoms. The molecule has 0 radical (unpaired) electrons. The van der Waals surface area contributed by atoms with Crippen LogP contribution in [0.5, 0.6) is 0 Å². The van der Waals surface area contributed by atoms with Gasteiger partial charge in [-0.15, -0.1) is 0 Å². The van der Waals surface area contributed by atoms with Crippen LogP contribution in [0.1, 0.15) is 24.2 Å². The van der Waals surface area contributed by atoms with Crippen molar-refractivity contribution in [1.82, 2.24) is 15.4 Å². The number of halogens is 1. The highest BCUT2D eigenvalue weighted by Crippen LogP contribution is 2.26. The minimum absolute atomic E-state index is 0.0925. The highest BCUT2D eigenvalue weighted by atomic mass is 35.5. The van der Waals surface area contributed by atoms with Gasteiger partial charge in [-0.05, 0) is 26.0 Å². The van der Waals surface area contributed by atoms with E-state index in [4.69, 9.17) is 21.5 Å². The fraction of sp³-hybridized carbons (Fsp3) is 0.231. The number of hydrogen-bond donors (Lipinski definition) is 2. The molecule has 0 saturated carbocycles. The van der Waals surface area contributed by atoms with Crippen molar-refractivity contribution in [2.24, 2.45) is 4.99 Å². The number of fused-ring (bicyclic) bond motifs is 1. The predicted octanol–water partition coefficient (Wildman–Crippen LogP) is 2.49. The summed E-state index contributed by atoms with van der Waals surface area (Å²) in [7, 11) is 0. The topological polar surface area (TPSA) is 96.7 Å². The van der Waals surface area contributed by atoms with Crippen molar-refractivity contribution in [1.29, 1.82) is 0 Å². The largest absolute Gasteiger partial charge is 0.462 e. The number of aromatic nitrogens is 2. The molecular weight excluding hydrogens is 296 g/mol. The van der Waals surface area contributed by atoms with Crippen LogP contribution in [0.15, 0.2) is 23.3 Å². The van der Waals surface area contributed by atoms with Gasteiger partial charge in [0.25, 0.3) is 0 Å². The number of nitrogens with zero attached hydrogens (tertiary/aromatic N) is 3. The Bertz CT molecular complexity index is 718. The first-order valence-electron chi connectivity index (χ1n) is 6.14. The molecule has 7 nitrogen and oxygen atoms in total. The van der Waals surface area contributed by atoms with Crippen molar-refractivity contribution in [3.8, 4) is 0 Å². The summed E-state index contributed by atoms with van der Waals surface area (Å²) in [4.78, 5) is 24.2. The Kier molecular flexibility index (Phi) is 4.66. The van der Waals surface area contributed by atoms with E-state index in [1.807, 2.05) is 5.48 Å². The normalized spacial score (nSPS) is 11.5. The first-order chi connectivity index (χ1) is 10.1. The van der Waals surface area contributed by atoms with Crippen LogP contribution in [0.3, 0.4) is 0 Å². The number of amidine groups is 1. The third kappa shape index (κ3) is 3.26. The summed E-state index contributed by atoms with van der Waals surface area (Å²) in [6.07, 6.45) is 1.52. The number of carbonyl (C=O) groups is 1. The summed E-state index contributed by atoms with van der Waals surface area (Å²) < 4.78 is 4.98. The number of pyridine rings is 2. The standard InChI is InChI=1S/C13H13ClN4O3/c1-3-21-13(19)9-6-8-4-5-15-11(14)10(8)17-12(9)16-7(2)18-20/h4-6,20H,3H2,1-2H3,(H,16,17,18). The summed E-state index contributed by atoms with van der Waals surface area (Å²) in [5, 5.41) is 9.68. The second-order valence-corrected chi connectivity index (χ2v) is 4.42. The number of carbonyl (C=O) groups excluding carboxylic acids is 1. The Morgan fingerprint density at radius 1 is 1.57 bits per heavy atom. The van der Waals surface area contributed by atoms with Crippen molar-refractivity contribution < 1.29 is 14.7 Å². The van der Waals surface area contributed by atoms with Crippen molar-refractivity contribution in [3.05, 3.63) is 29.0 Å². The fourth-order valence-electron chi connectivity index (χ4n) is 1.68. The molecule has 8 heteroatoms. The molecule has 0 aliphatic heterocycles. The van der Waals surface area contributed by atoms with E-state index in [1.54, 1.807) is 19.1 Å². The van der Waals surface area contributed by atoms with Crippen molar-refractivity contribution in [2.45, 2.75) is 13.8 Å². The quantitative estimate of drug-likeness (QED) is 0.297. The van der Waals surface area contributed by atoms with Crippen LogP contribution in [0, 0.1) is 0 Å². The van der Waals surface area contributed by atoms with E-state index >= 15 is 0 Å². The number of rotatable bonds is 3. The molecule has 0 unspecified atom stereocenters. The number of nitrogens with one attached hydrogen (secondary N) is 1. The molecule has 2 aromatic heterocycles. The van der Waals surface area contributed by atoms with Crippen molar-refractivity contribution in [3.63, 3.8) is 0 Å². The maximum Gasteiger partial charge on any atom is 0.342 e. The minimum atomic E-state index is -0.552. The van der Waals surface area contributed by atoms with Crippen LogP contribution in [0.25, 0.3) is 10.9 Å². The molecule has 0 amide bonds. The lowest BCUT2D eigenvalue weighted by atomic mass is 10.2. The molecule has 0 fully saturated rings. The van der Waals surface area contributed by atoms with E-state index in [0.717, 1.165) is 0 Å². The van der Waals surface area contributed by atoms with Gasteiger partial charge in [0.15, 0.2) is 11.0 Å². The Balaban J connectivity index is 2.68. The van der Waals surface area contributed by atoms with E-state index in [1.165, 1.54) is 13.1 Å². The van der Waals surface area contributed by atoms with Gasteiger partial charge in [0.05, 0.1) is 6.61 Å². The number of ether oxygens (including phenoxy) is 1. The van der Waals surface area contributed by atoms with Gasteiger partial charge < -0.3 is 4.74 Å². The zero-order valence-corrected chi connectivity index (χ0v) is 12.2. The van der Waals surface area contributed by atoms with E-state index in [0.29, 0.717) is 10.9 Å². The summed E-state index contributed by atoms with van der Waals surface area (Å²) in [5.74, 6) is -0.286. The molecule has 0 atom stereocenters. The van der Waals surface area contributed by atoms with E-state index < -0.39 is 5.97 Å². The molecule has 2 rings (SSSR count). The summed E-state index contributed by atoms with van der Waals surface area (Å²) >= 11 is 5.99. The second kappa shape index (κ2) is 6.47. The lowest BCUT2D eigenvalue weighted by Crippen LogP contribution is -2.15. The van der Waals surface area contributed by atoms with Gasteiger partial charge in [-0.3, -0.25) is 10.7 Å². The van der Waals surface area contributed by atoms with Crippen LogP contribution in [-0.4, -0.2) is 33.6 Å². The smallest absolute Gasteiger partial charge is 0.342 e. The zero-order chi connectivity index (χ0) is 15.4. The fourth-order valence-corrected chi connectivity index (χ4v) is 1.89. The Labute approximate surface area is 125 Å². The van der Waals surface area contributed by atoms with Gasteiger partial charge in [-0.25, -0.2) is 19.8 Å². The SMILES string of the molecule is CCOC(=O)c1cc2ccnc(Cl)c2nc1N=C(C)NO. The first kappa shape index (κ1) is 15.1. The lowest BCUT2D eigenvalue weighted by Gasteiger charge is -2.08. The van der Waals surface area contributed by atoms with E-state index in [9.17, 15) is 4.79 Å². The predicted molar refractivity (Wildman–Crippen MR) is 78.2 cm³/mol. The van der Waals surface area contributed by atoms with Crippen LogP contribution in [0.2, 0.25) is 5.15 Å². The minimum Gasteiger partial charge on any atom is -0.462 e. The number of hydrogen-bond acceptors (Lipinski definition) is 6. The highest BCUT2D eigenvalue weighted by molar-refractivity contribution is 6.33. The molecule has 0 aliphatic carbocycles. The molecule has 0 spiro atoms. The van der Waals surface area contributed by atoms with Gasteiger partial charge >= 0.3 is 5.97 Å². The van der Waals surface area contributed by atoms with Crippen LogP contribution < -0.4 is 5.48 Å². The maximum atomic E-state index is 12.0. The molecule has 110 valence electrons. The second-order valence-electron chi connectivity index (χ2n) is 4.06. The molecule has 0 aliphatic rings.